The second-order valence-electron chi connectivity index (χ2n) is 3.47. The maximum atomic E-state index is 13.2. The number of para-hydroxylation sites is 1. The summed E-state index contributed by atoms with van der Waals surface area (Å²) in [6, 6.07) is 11.7. The van der Waals surface area contributed by atoms with Crippen molar-refractivity contribution < 1.29 is 4.39 Å². The van der Waals surface area contributed by atoms with Gasteiger partial charge < -0.3 is 5.73 Å². The van der Waals surface area contributed by atoms with Gasteiger partial charge in [0.1, 0.15) is 5.82 Å². The highest BCUT2D eigenvalue weighted by atomic mass is 35.5. The lowest BCUT2D eigenvalue weighted by molar-refractivity contribution is 0.628. The van der Waals surface area contributed by atoms with Gasteiger partial charge in [0.05, 0.1) is 5.02 Å². The predicted octanol–water partition coefficient (Wildman–Crippen LogP) is 3.46. The molecule has 17 heavy (non-hydrogen) atoms. The van der Waals surface area contributed by atoms with Crippen molar-refractivity contribution in [3.05, 3.63) is 64.4 Å². The molecule has 0 saturated heterocycles. The van der Waals surface area contributed by atoms with Gasteiger partial charge in [0.25, 0.3) is 0 Å². The summed E-state index contributed by atoms with van der Waals surface area (Å²) in [4.78, 5) is 0. The lowest BCUT2D eigenvalue weighted by Gasteiger charge is -1.96. The molecule has 2 rings (SSSR count). The summed E-state index contributed by atoms with van der Waals surface area (Å²) >= 11 is 5.58. The number of hydrogen-bond donors (Lipinski definition) is 1. The quantitative estimate of drug-likeness (QED) is 0.558. The smallest absolute Gasteiger partial charge is 0.143 e. The first kappa shape index (κ1) is 11.5. The van der Waals surface area contributed by atoms with Crippen molar-refractivity contribution in [1.82, 2.24) is 0 Å². The maximum Gasteiger partial charge on any atom is 0.143 e. The van der Waals surface area contributed by atoms with E-state index < -0.39 is 5.82 Å². The molecule has 2 aromatic carbocycles. The first-order chi connectivity index (χ1) is 8.16. The summed E-state index contributed by atoms with van der Waals surface area (Å²) in [5.41, 5.74) is 7.64. The van der Waals surface area contributed by atoms with Crippen LogP contribution in [0.25, 0.3) is 0 Å². The second kappa shape index (κ2) is 4.90. The lowest BCUT2D eigenvalue weighted by atomic mass is 10.1. The van der Waals surface area contributed by atoms with Crippen molar-refractivity contribution in [1.29, 1.82) is 0 Å². The van der Waals surface area contributed by atoms with E-state index in [9.17, 15) is 4.39 Å². The molecule has 0 saturated carbocycles. The third-order valence-electron chi connectivity index (χ3n) is 2.22. The summed E-state index contributed by atoms with van der Waals surface area (Å²) in [6.45, 7) is 0. The highest BCUT2D eigenvalue weighted by Crippen LogP contribution is 2.15. The average molecular weight is 246 g/mol. The van der Waals surface area contributed by atoms with Gasteiger partial charge in [-0.05, 0) is 30.3 Å². The Labute approximate surface area is 104 Å². The van der Waals surface area contributed by atoms with E-state index in [1.54, 1.807) is 12.1 Å². The van der Waals surface area contributed by atoms with Gasteiger partial charge in [-0.3, -0.25) is 0 Å². The van der Waals surface area contributed by atoms with Crippen LogP contribution in [0.4, 0.5) is 10.1 Å². The molecule has 1 nitrogen and oxygen atoms in total. The van der Waals surface area contributed by atoms with Crippen LogP contribution in [0, 0.1) is 17.7 Å². The van der Waals surface area contributed by atoms with E-state index in [-0.39, 0.29) is 5.02 Å². The van der Waals surface area contributed by atoms with Gasteiger partial charge in [-0.15, -0.1) is 0 Å². The van der Waals surface area contributed by atoms with Crippen molar-refractivity contribution in [2.75, 3.05) is 5.73 Å². The molecule has 0 atom stereocenters. The van der Waals surface area contributed by atoms with Crippen LogP contribution in [0.3, 0.4) is 0 Å². The van der Waals surface area contributed by atoms with Crippen LogP contribution in [0.1, 0.15) is 11.1 Å². The number of nitrogen functional groups attached to an aromatic ring is 1. The zero-order valence-corrected chi connectivity index (χ0v) is 9.63. The molecule has 3 heteroatoms. The highest BCUT2D eigenvalue weighted by molar-refractivity contribution is 6.30. The Balaban J connectivity index is 2.33. The van der Waals surface area contributed by atoms with Gasteiger partial charge in [-0.25, -0.2) is 4.39 Å². The standard InChI is InChI=1S/C14H9ClFN/c15-12-8-6-10(9-13(12)16)5-7-11-3-1-2-4-14(11)17/h1-4,6,8-9H,17H2. The summed E-state index contributed by atoms with van der Waals surface area (Å²) in [7, 11) is 0. The van der Waals surface area contributed by atoms with Crippen LogP contribution in [-0.2, 0) is 0 Å². The van der Waals surface area contributed by atoms with E-state index >= 15 is 0 Å². The van der Waals surface area contributed by atoms with Gasteiger partial charge in [0.15, 0.2) is 0 Å². The van der Waals surface area contributed by atoms with E-state index in [4.69, 9.17) is 17.3 Å². The van der Waals surface area contributed by atoms with Gasteiger partial charge in [-0.1, -0.05) is 35.6 Å². The largest absolute Gasteiger partial charge is 0.398 e. The van der Waals surface area contributed by atoms with Crippen LogP contribution in [-0.4, -0.2) is 0 Å². The monoisotopic (exact) mass is 245 g/mol. The molecule has 2 N–H and O–H groups in total. The Morgan fingerprint density at radius 1 is 1.06 bits per heavy atom. The Hall–Kier alpha value is -1.98. The minimum atomic E-state index is -0.473. The van der Waals surface area contributed by atoms with Crippen LogP contribution in [0.15, 0.2) is 42.5 Å². The van der Waals surface area contributed by atoms with Crippen molar-refractivity contribution in [3.63, 3.8) is 0 Å². The highest BCUT2D eigenvalue weighted by Gasteiger charge is 1.98. The topological polar surface area (TPSA) is 26.0 Å². The third-order valence-corrected chi connectivity index (χ3v) is 2.53. The van der Waals surface area contributed by atoms with Gasteiger partial charge in [-0.2, -0.15) is 0 Å². The van der Waals surface area contributed by atoms with Gasteiger partial charge in [0, 0.05) is 16.8 Å². The fraction of sp³-hybridized carbons (Fsp3) is 0. The lowest BCUT2D eigenvalue weighted by Crippen LogP contribution is -1.88. The molecule has 0 fully saturated rings. The van der Waals surface area contributed by atoms with Crippen LogP contribution in [0.2, 0.25) is 5.02 Å². The molecular weight excluding hydrogens is 237 g/mol. The van der Waals surface area contributed by atoms with Gasteiger partial charge in [0.2, 0.25) is 0 Å². The van der Waals surface area contributed by atoms with Crippen LogP contribution < -0.4 is 5.73 Å². The predicted molar refractivity (Wildman–Crippen MR) is 68.2 cm³/mol. The summed E-state index contributed by atoms with van der Waals surface area (Å²) < 4.78 is 13.2. The summed E-state index contributed by atoms with van der Waals surface area (Å²) in [5.74, 6) is 5.26. The number of anilines is 1. The maximum absolute atomic E-state index is 13.2. The SMILES string of the molecule is Nc1ccccc1C#Cc1ccc(Cl)c(F)c1. The number of benzene rings is 2. The molecule has 0 unspecified atom stereocenters. The molecule has 0 aliphatic rings. The van der Waals surface area contributed by atoms with Crippen LogP contribution >= 0.6 is 11.6 Å². The number of rotatable bonds is 0. The van der Waals surface area contributed by atoms with Crippen LogP contribution in [0.5, 0.6) is 0 Å². The van der Waals surface area contributed by atoms with E-state index in [1.165, 1.54) is 12.1 Å². The Morgan fingerprint density at radius 2 is 1.82 bits per heavy atom. The minimum absolute atomic E-state index is 0.0924. The molecule has 0 aliphatic heterocycles. The minimum Gasteiger partial charge on any atom is -0.398 e. The molecule has 0 aromatic heterocycles. The average Bonchev–Trinajstić information content (AvgIpc) is 2.32. The zero-order chi connectivity index (χ0) is 12.3. The van der Waals surface area contributed by atoms with E-state index in [1.807, 2.05) is 18.2 Å². The second-order valence-corrected chi connectivity index (χ2v) is 3.87. The fourth-order valence-electron chi connectivity index (χ4n) is 1.32. The molecule has 0 bridgehead atoms. The Morgan fingerprint density at radius 3 is 2.53 bits per heavy atom. The van der Waals surface area contributed by atoms with E-state index in [2.05, 4.69) is 11.8 Å². The third kappa shape index (κ3) is 2.77. The normalized spacial score (nSPS) is 9.53. The summed E-state index contributed by atoms with van der Waals surface area (Å²) in [6.07, 6.45) is 0. The molecular formula is C14H9ClFN. The molecule has 2 aromatic rings. The van der Waals surface area contributed by atoms with Crippen molar-refractivity contribution in [2.45, 2.75) is 0 Å². The van der Waals surface area contributed by atoms with Crippen molar-refractivity contribution in [3.8, 4) is 11.8 Å². The first-order valence-corrected chi connectivity index (χ1v) is 5.36. The van der Waals surface area contributed by atoms with Gasteiger partial charge >= 0.3 is 0 Å². The first-order valence-electron chi connectivity index (χ1n) is 4.98. The van der Waals surface area contributed by atoms with Crippen molar-refractivity contribution in [2.24, 2.45) is 0 Å². The van der Waals surface area contributed by atoms with E-state index in [0.717, 1.165) is 5.56 Å². The molecule has 0 heterocycles. The molecule has 0 aliphatic carbocycles. The number of hydrogen-bond acceptors (Lipinski definition) is 1. The molecule has 0 radical (unpaired) electrons. The molecule has 0 spiro atoms. The Kier molecular flexibility index (Phi) is 3.32. The summed E-state index contributed by atoms with van der Waals surface area (Å²) in [5, 5.41) is 0.0924. The number of halogens is 2. The Bertz CT molecular complexity index is 611. The zero-order valence-electron chi connectivity index (χ0n) is 8.87. The van der Waals surface area contributed by atoms with E-state index in [0.29, 0.717) is 11.3 Å². The molecule has 84 valence electrons. The number of nitrogens with two attached hydrogens (primary N) is 1. The molecule has 0 amide bonds. The fourth-order valence-corrected chi connectivity index (χ4v) is 1.44. The van der Waals surface area contributed by atoms with Crippen molar-refractivity contribution >= 4 is 17.3 Å².